The molecule has 1 fully saturated rings. The third-order valence-electron chi connectivity index (χ3n) is 3.64. The number of carboxylic acid groups (broad SMARTS) is 1. The molecular weight excluding hydrogens is 342 g/mol. The molecule has 1 aliphatic heterocycles. The molecule has 1 aromatic carbocycles. The minimum Gasteiger partial charge on any atom is -0.545 e. The van der Waals surface area contributed by atoms with Gasteiger partial charge < -0.3 is 24.7 Å². The molecule has 9 nitrogen and oxygen atoms in total. The van der Waals surface area contributed by atoms with Crippen LogP contribution >= 0.6 is 0 Å². The Bertz CT molecular complexity index is 698. The highest BCUT2D eigenvalue weighted by Crippen LogP contribution is 2.18. The first-order chi connectivity index (χ1) is 12.5. The molecule has 0 radical (unpaired) electrons. The molecule has 0 bridgehead atoms. The van der Waals surface area contributed by atoms with Crippen LogP contribution in [0.3, 0.4) is 0 Å². The van der Waals surface area contributed by atoms with Crippen LogP contribution in [0.4, 0.5) is 0 Å². The van der Waals surface area contributed by atoms with Crippen molar-refractivity contribution in [2.75, 3.05) is 19.8 Å². The molecule has 1 aromatic rings. The first kappa shape index (κ1) is 19.4. The Kier molecular flexibility index (Phi) is 7.10. The summed E-state index contributed by atoms with van der Waals surface area (Å²) in [5, 5.41) is 17.1. The first-order valence-electron chi connectivity index (χ1n) is 8.22. The molecule has 9 heteroatoms. The smallest absolute Gasteiger partial charge is 0.329 e. The highest BCUT2D eigenvalue weighted by atomic mass is 16.5. The van der Waals surface area contributed by atoms with Crippen LogP contribution in [-0.4, -0.2) is 49.9 Å². The van der Waals surface area contributed by atoms with Crippen LogP contribution in [0.25, 0.3) is 0 Å². The number of nitrogens with zero attached hydrogens (tertiary/aromatic N) is 1. The van der Waals surface area contributed by atoms with Crippen LogP contribution in [0, 0.1) is 0 Å². The van der Waals surface area contributed by atoms with E-state index < -0.39 is 17.8 Å². The molecule has 1 aliphatic rings. The van der Waals surface area contributed by atoms with E-state index >= 15 is 0 Å². The van der Waals surface area contributed by atoms with Crippen molar-refractivity contribution in [1.29, 1.82) is 0 Å². The Morgan fingerprint density at radius 1 is 1.38 bits per heavy atom. The van der Waals surface area contributed by atoms with Crippen LogP contribution in [0.1, 0.15) is 35.7 Å². The second kappa shape index (κ2) is 9.52. The van der Waals surface area contributed by atoms with Gasteiger partial charge in [0.05, 0.1) is 24.9 Å². The van der Waals surface area contributed by atoms with Crippen molar-refractivity contribution in [1.82, 2.24) is 10.7 Å². The van der Waals surface area contributed by atoms with Gasteiger partial charge in [-0.15, -0.1) is 0 Å². The number of carbonyl (C=O) groups excluding carboxylic acids is 3. The van der Waals surface area contributed by atoms with Crippen molar-refractivity contribution in [3.63, 3.8) is 0 Å². The van der Waals surface area contributed by atoms with Crippen LogP contribution in [0.15, 0.2) is 23.3 Å². The van der Waals surface area contributed by atoms with E-state index in [2.05, 4.69) is 15.8 Å². The van der Waals surface area contributed by atoms with Gasteiger partial charge in [-0.1, -0.05) is 0 Å². The van der Waals surface area contributed by atoms with Crippen LogP contribution in [-0.2, 0) is 14.3 Å². The maximum Gasteiger partial charge on any atom is 0.329 e. The monoisotopic (exact) mass is 362 g/mol. The average molecular weight is 362 g/mol. The van der Waals surface area contributed by atoms with E-state index in [0.29, 0.717) is 24.5 Å². The third-order valence-corrected chi connectivity index (χ3v) is 3.64. The Morgan fingerprint density at radius 3 is 2.85 bits per heavy atom. The van der Waals surface area contributed by atoms with Crippen molar-refractivity contribution >= 4 is 24.0 Å². The first-order valence-corrected chi connectivity index (χ1v) is 8.22. The molecule has 26 heavy (non-hydrogen) atoms. The molecule has 0 spiro atoms. The summed E-state index contributed by atoms with van der Waals surface area (Å²) < 4.78 is 10.7. The molecule has 0 unspecified atom stereocenters. The zero-order chi connectivity index (χ0) is 18.9. The van der Waals surface area contributed by atoms with Crippen molar-refractivity contribution < 1.29 is 29.0 Å². The number of hydrogen-bond donors (Lipinski definition) is 2. The minimum atomic E-state index is -1.35. The number of carboxylic acids is 1. The second-order valence-corrected chi connectivity index (χ2v) is 5.52. The lowest BCUT2D eigenvalue weighted by atomic mass is 10.1. The summed E-state index contributed by atoms with van der Waals surface area (Å²) in [6.45, 7) is 3.06. The number of hydrazone groups is 1. The van der Waals surface area contributed by atoms with Gasteiger partial charge in [-0.2, -0.15) is 5.10 Å². The average Bonchev–Trinajstić information content (AvgIpc) is 3.14. The lowest BCUT2D eigenvalue weighted by Crippen LogP contribution is -2.41. The molecule has 1 atom stereocenters. The lowest BCUT2D eigenvalue weighted by molar-refractivity contribution is -0.255. The normalized spacial score (nSPS) is 16.4. The molecule has 2 rings (SSSR count). The maximum absolute atomic E-state index is 11.7. The molecule has 2 amide bonds. The predicted octanol–water partition coefficient (Wildman–Crippen LogP) is -0.806. The number of rotatable bonds is 7. The summed E-state index contributed by atoms with van der Waals surface area (Å²) >= 11 is 0. The Hall–Kier alpha value is -2.94. The van der Waals surface area contributed by atoms with Gasteiger partial charge in [0.25, 0.3) is 0 Å². The zero-order valence-corrected chi connectivity index (χ0v) is 14.3. The molecule has 1 saturated heterocycles. The Morgan fingerprint density at radius 2 is 2.19 bits per heavy atom. The molecule has 2 N–H and O–H groups in total. The summed E-state index contributed by atoms with van der Waals surface area (Å²) in [6.07, 6.45) is 2.90. The summed E-state index contributed by atoms with van der Waals surface area (Å²) in [6, 6.07) is 4.11. The largest absolute Gasteiger partial charge is 0.545 e. The molecule has 0 saturated carbocycles. The van der Waals surface area contributed by atoms with E-state index in [1.54, 1.807) is 6.92 Å². The zero-order valence-electron chi connectivity index (χ0n) is 14.3. The predicted molar refractivity (Wildman–Crippen MR) is 89.7 cm³/mol. The van der Waals surface area contributed by atoms with Crippen LogP contribution in [0.2, 0.25) is 0 Å². The second-order valence-electron chi connectivity index (χ2n) is 5.52. The number of hydrogen-bond acceptors (Lipinski definition) is 7. The van der Waals surface area contributed by atoms with Gasteiger partial charge in [-0.05, 0) is 43.5 Å². The standard InChI is InChI=1S/C17H21N3O6/c1-2-25-14-6-5-11(17(23)24)8-12(14)9-19-20-16(22)15(21)18-10-13-4-3-7-26-13/h5-6,8-9,13H,2-4,7,10H2,1H3,(H,18,21)(H,20,22)(H,23,24)/p-1/b19-9-/t13-/m0/s1. The number of amides is 2. The van der Waals surface area contributed by atoms with Gasteiger partial charge >= 0.3 is 11.8 Å². The highest BCUT2D eigenvalue weighted by molar-refractivity contribution is 6.35. The summed E-state index contributed by atoms with van der Waals surface area (Å²) in [5.41, 5.74) is 2.35. The summed E-state index contributed by atoms with van der Waals surface area (Å²) in [7, 11) is 0. The van der Waals surface area contributed by atoms with Gasteiger partial charge in [0.2, 0.25) is 0 Å². The lowest BCUT2D eigenvalue weighted by Gasteiger charge is -2.10. The fourth-order valence-corrected chi connectivity index (χ4v) is 2.37. The SMILES string of the molecule is CCOc1ccc(C(=O)[O-])cc1/C=N\NC(=O)C(=O)NC[C@@H]1CCCO1. The van der Waals surface area contributed by atoms with Crippen LogP contribution in [0.5, 0.6) is 5.75 Å². The van der Waals surface area contributed by atoms with Crippen molar-refractivity contribution in [3.8, 4) is 5.75 Å². The number of nitrogens with one attached hydrogen (secondary N) is 2. The summed E-state index contributed by atoms with van der Waals surface area (Å²) in [4.78, 5) is 34.3. The van der Waals surface area contributed by atoms with E-state index in [-0.39, 0.29) is 18.2 Å². The number of carbonyl (C=O) groups is 3. The Labute approximate surface area is 150 Å². The molecule has 140 valence electrons. The fourth-order valence-electron chi connectivity index (χ4n) is 2.37. The van der Waals surface area contributed by atoms with E-state index in [1.807, 2.05) is 0 Å². The fraction of sp³-hybridized carbons (Fsp3) is 0.412. The third kappa shape index (κ3) is 5.55. The van der Waals surface area contributed by atoms with Gasteiger partial charge in [0.1, 0.15) is 5.75 Å². The molecular formula is C17H20N3O6-. The van der Waals surface area contributed by atoms with E-state index in [0.717, 1.165) is 12.8 Å². The molecule has 0 aromatic heterocycles. The van der Waals surface area contributed by atoms with Crippen LogP contribution < -0.4 is 20.6 Å². The van der Waals surface area contributed by atoms with Crippen molar-refractivity contribution in [2.24, 2.45) is 5.10 Å². The van der Waals surface area contributed by atoms with E-state index in [9.17, 15) is 19.5 Å². The Balaban J connectivity index is 1.93. The van der Waals surface area contributed by atoms with Crippen molar-refractivity contribution in [3.05, 3.63) is 29.3 Å². The quantitative estimate of drug-likeness (QED) is 0.371. The maximum atomic E-state index is 11.7. The van der Waals surface area contributed by atoms with E-state index in [1.165, 1.54) is 24.4 Å². The minimum absolute atomic E-state index is 0.0597. The van der Waals surface area contributed by atoms with Gasteiger partial charge in [0.15, 0.2) is 0 Å². The van der Waals surface area contributed by atoms with Gasteiger partial charge in [0, 0.05) is 18.7 Å². The highest BCUT2D eigenvalue weighted by Gasteiger charge is 2.19. The molecule has 0 aliphatic carbocycles. The van der Waals surface area contributed by atoms with Gasteiger partial charge in [-0.3, -0.25) is 9.59 Å². The molecule has 1 heterocycles. The summed E-state index contributed by atoms with van der Waals surface area (Å²) in [5.74, 6) is -2.72. The van der Waals surface area contributed by atoms with E-state index in [4.69, 9.17) is 9.47 Å². The van der Waals surface area contributed by atoms with Crippen molar-refractivity contribution in [2.45, 2.75) is 25.9 Å². The number of ether oxygens (including phenoxy) is 2. The topological polar surface area (TPSA) is 129 Å². The van der Waals surface area contributed by atoms with Gasteiger partial charge in [-0.25, -0.2) is 5.43 Å². The number of aromatic carboxylic acids is 1. The number of benzene rings is 1.